The molecule has 0 atom stereocenters. The van der Waals surface area contributed by atoms with E-state index in [1.54, 1.807) is 0 Å². The van der Waals surface area contributed by atoms with E-state index in [0.29, 0.717) is 10.9 Å². The number of benzene rings is 2. The van der Waals surface area contributed by atoms with Gasteiger partial charge in [-0.1, -0.05) is 23.5 Å². The highest BCUT2D eigenvalue weighted by Crippen LogP contribution is 2.37. The first-order chi connectivity index (χ1) is 12.6. The van der Waals surface area contributed by atoms with Gasteiger partial charge in [-0.25, -0.2) is 4.98 Å². The standard InChI is InChI=1S/C19H17N5OS.3ClH/c1-9-2-6-13-16(17(20)24-23-13)15(9)11-5-7-12-14(8-11)26-19(21-12)22-18(25)10-3-4-10;;;/h2,5-8,10H,3-4H2,1H3,(H3,20,23,24)(H,21,22,25);3*1H. The van der Waals surface area contributed by atoms with Crippen molar-refractivity contribution in [1.29, 1.82) is 0 Å². The van der Waals surface area contributed by atoms with E-state index in [-0.39, 0.29) is 49.0 Å². The average Bonchev–Trinajstić information content (AvgIpc) is 3.31. The SMILES string of the molecule is Cc1ccc2[nH]nc(N)c2c1-c1ccc2nc(NC(=O)C3CC3)sc2c1.Cl.Cl.Cl. The third kappa shape index (κ3) is 4.14. The van der Waals surface area contributed by atoms with Crippen molar-refractivity contribution in [3.8, 4) is 11.1 Å². The van der Waals surface area contributed by atoms with Crippen molar-refractivity contribution in [3.05, 3.63) is 35.9 Å². The van der Waals surface area contributed by atoms with Gasteiger partial charge in [0, 0.05) is 5.92 Å². The van der Waals surface area contributed by atoms with Gasteiger partial charge in [0.2, 0.25) is 5.91 Å². The van der Waals surface area contributed by atoms with Gasteiger partial charge in [-0.3, -0.25) is 9.89 Å². The lowest BCUT2D eigenvalue weighted by Gasteiger charge is -2.08. The Labute approximate surface area is 189 Å². The van der Waals surface area contributed by atoms with Gasteiger partial charge < -0.3 is 11.1 Å². The van der Waals surface area contributed by atoms with Crippen LogP contribution in [0, 0.1) is 12.8 Å². The van der Waals surface area contributed by atoms with Crippen molar-refractivity contribution in [2.24, 2.45) is 5.92 Å². The van der Waals surface area contributed by atoms with Crippen LogP contribution in [0.3, 0.4) is 0 Å². The zero-order chi connectivity index (χ0) is 17.8. The second-order valence-electron chi connectivity index (χ2n) is 6.75. The van der Waals surface area contributed by atoms with Gasteiger partial charge in [-0.05, 0) is 54.7 Å². The number of hydrogen-bond acceptors (Lipinski definition) is 5. The molecule has 1 amide bonds. The lowest BCUT2D eigenvalue weighted by atomic mass is 9.96. The van der Waals surface area contributed by atoms with E-state index in [1.165, 1.54) is 11.3 Å². The third-order valence-electron chi connectivity index (χ3n) is 4.82. The molecule has 154 valence electrons. The summed E-state index contributed by atoms with van der Waals surface area (Å²) >= 11 is 1.50. The van der Waals surface area contributed by atoms with Gasteiger partial charge in [0.15, 0.2) is 10.9 Å². The molecule has 0 spiro atoms. The van der Waals surface area contributed by atoms with Crippen LogP contribution in [0.25, 0.3) is 32.2 Å². The summed E-state index contributed by atoms with van der Waals surface area (Å²) in [5.74, 6) is 0.749. The van der Waals surface area contributed by atoms with E-state index >= 15 is 0 Å². The number of H-pyrrole nitrogens is 1. The van der Waals surface area contributed by atoms with Gasteiger partial charge in [0.1, 0.15) is 0 Å². The molecule has 10 heteroatoms. The summed E-state index contributed by atoms with van der Waals surface area (Å²) in [7, 11) is 0. The number of nitrogens with zero attached hydrogens (tertiary/aromatic N) is 2. The van der Waals surface area contributed by atoms with Gasteiger partial charge >= 0.3 is 0 Å². The minimum atomic E-state index is 0. The molecule has 4 aromatic rings. The molecule has 4 N–H and O–H groups in total. The number of aromatic amines is 1. The molecule has 1 aliphatic carbocycles. The third-order valence-corrected chi connectivity index (χ3v) is 5.76. The fourth-order valence-electron chi connectivity index (χ4n) is 3.30. The van der Waals surface area contributed by atoms with Crippen LogP contribution in [-0.2, 0) is 4.79 Å². The highest BCUT2D eigenvalue weighted by molar-refractivity contribution is 7.22. The molecule has 5 rings (SSSR count). The number of carbonyl (C=O) groups excluding carboxylic acids is 1. The quantitative estimate of drug-likeness (QED) is 0.375. The van der Waals surface area contributed by atoms with Gasteiger partial charge in [0.25, 0.3) is 0 Å². The maximum Gasteiger partial charge on any atom is 0.229 e. The van der Waals surface area contributed by atoms with Crippen molar-refractivity contribution in [2.45, 2.75) is 19.8 Å². The molecule has 2 heterocycles. The number of thiazole rings is 1. The second kappa shape index (κ2) is 8.75. The first-order valence-corrected chi connectivity index (χ1v) is 9.37. The van der Waals surface area contributed by atoms with Gasteiger partial charge in [0.05, 0.1) is 21.1 Å². The monoisotopic (exact) mass is 471 g/mol. The molecule has 0 unspecified atom stereocenters. The van der Waals surface area contributed by atoms with E-state index < -0.39 is 0 Å². The average molecular weight is 473 g/mol. The van der Waals surface area contributed by atoms with Crippen molar-refractivity contribution < 1.29 is 4.79 Å². The summed E-state index contributed by atoms with van der Waals surface area (Å²) in [4.78, 5) is 16.5. The molecule has 0 radical (unpaired) electrons. The number of aromatic nitrogens is 3. The van der Waals surface area contributed by atoms with Crippen LogP contribution in [0.1, 0.15) is 18.4 Å². The highest BCUT2D eigenvalue weighted by Gasteiger charge is 2.30. The van der Waals surface area contributed by atoms with Crippen molar-refractivity contribution in [2.75, 3.05) is 11.1 Å². The van der Waals surface area contributed by atoms with Crippen LogP contribution in [0.4, 0.5) is 10.9 Å². The number of nitrogen functional groups attached to an aromatic ring is 1. The van der Waals surface area contributed by atoms with E-state index in [9.17, 15) is 4.79 Å². The van der Waals surface area contributed by atoms with Gasteiger partial charge in [-0.15, -0.1) is 37.2 Å². The zero-order valence-electron chi connectivity index (χ0n) is 15.4. The minimum Gasteiger partial charge on any atom is -0.382 e. The molecule has 6 nitrogen and oxygen atoms in total. The molecule has 2 aromatic heterocycles. The lowest BCUT2D eigenvalue weighted by molar-refractivity contribution is -0.117. The van der Waals surface area contributed by atoms with E-state index in [2.05, 4.69) is 39.6 Å². The first kappa shape index (κ1) is 23.2. The van der Waals surface area contributed by atoms with Crippen LogP contribution in [0.15, 0.2) is 30.3 Å². The number of nitrogens with one attached hydrogen (secondary N) is 2. The lowest BCUT2D eigenvalue weighted by Crippen LogP contribution is -2.12. The Kier molecular flexibility index (Phi) is 7.01. The summed E-state index contributed by atoms with van der Waals surface area (Å²) in [5.41, 5.74) is 11.2. The van der Waals surface area contributed by atoms with Crippen LogP contribution in [0.5, 0.6) is 0 Å². The fourth-order valence-corrected chi connectivity index (χ4v) is 4.21. The molecular weight excluding hydrogens is 453 g/mol. The topological polar surface area (TPSA) is 96.7 Å². The van der Waals surface area contributed by atoms with E-state index in [4.69, 9.17) is 5.73 Å². The second-order valence-corrected chi connectivity index (χ2v) is 7.78. The number of fused-ring (bicyclic) bond motifs is 2. The summed E-state index contributed by atoms with van der Waals surface area (Å²) in [5, 5.41) is 11.6. The molecule has 0 aliphatic heterocycles. The molecule has 2 aromatic carbocycles. The van der Waals surface area contributed by atoms with E-state index in [0.717, 1.165) is 50.7 Å². The Hall–Kier alpha value is -2.06. The Morgan fingerprint density at radius 3 is 2.69 bits per heavy atom. The highest BCUT2D eigenvalue weighted by atomic mass is 35.5. The first-order valence-electron chi connectivity index (χ1n) is 8.55. The number of nitrogens with two attached hydrogens (primary N) is 1. The summed E-state index contributed by atoms with van der Waals surface area (Å²) in [6.07, 6.45) is 1.96. The summed E-state index contributed by atoms with van der Waals surface area (Å²) in [6, 6.07) is 10.2. The molecule has 1 aliphatic rings. The molecule has 0 bridgehead atoms. The van der Waals surface area contributed by atoms with Crippen LogP contribution in [-0.4, -0.2) is 21.1 Å². The van der Waals surface area contributed by atoms with Crippen molar-refractivity contribution >= 4 is 86.5 Å². The fraction of sp³-hybridized carbons (Fsp3) is 0.211. The van der Waals surface area contributed by atoms with Crippen LogP contribution in [0.2, 0.25) is 0 Å². The molecule has 0 saturated heterocycles. The normalized spacial score (nSPS) is 12.7. The minimum absolute atomic E-state index is 0. The maximum atomic E-state index is 12.0. The van der Waals surface area contributed by atoms with Crippen molar-refractivity contribution in [3.63, 3.8) is 0 Å². The molecular formula is C19H20Cl3N5OS. The van der Waals surface area contributed by atoms with Gasteiger partial charge in [-0.2, -0.15) is 5.10 Å². The number of rotatable bonds is 3. The number of carbonyl (C=O) groups is 1. The predicted octanol–water partition coefficient (Wildman–Crippen LogP) is 5.34. The maximum absolute atomic E-state index is 12.0. The number of amides is 1. The molecule has 1 saturated carbocycles. The Morgan fingerprint density at radius 1 is 1.21 bits per heavy atom. The number of hydrogen-bond donors (Lipinski definition) is 3. The largest absolute Gasteiger partial charge is 0.382 e. The van der Waals surface area contributed by atoms with Crippen LogP contribution < -0.4 is 11.1 Å². The van der Waals surface area contributed by atoms with E-state index in [1.807, 2.05) is 18.2 Å². The number of halogens is 3. The summed E-state index contributed by atoms with van der Waals surface area (Å²) in [6.45, 7) is 2.07. The molecule has 29 heavy (non-hydrogen) atoms. The Morgan fingerprint density at radius 2 is 1.97 bits per heavy atom. The summed E-state index contributed by atoms with van der Waals surface area (Å²) < 4.78 is 1.03. The Balaban J connectivity index is 0.000001000. The zero-order valence-corrected chi connectivity index (χ0v) is 18.7. The smallest absolute Gasteiger partial charge is 0.229 e. The number of aryl methyl sites for hydroxylation is 1. The predicted molar refractivity (Wildman–Crippen MR) is 127 cm³/mol. The van der Waals surface area contributed by atoms with Crippen LogP contribution >= 0.6 is 48.6 Å². The Bertz CT molecular complexity index is 1190. The number of anilines is 2. The molecule has 1 fully saturated rings. The van der Waals surface area contributed by atoms with Crippen molar-refractivity contribution in [1.82, 2.24) is 15.2 Å².